The smallest absolute Gasteiger partial charge is 0.270 e. The lowest BCUT2D eigenvalue weighted by atomic mass is 9.95. The SMILES string of the molecule is CC(C)CCNc1ccnc(C(=O)NC2CCCCC2)c1. The van der Waals surface area contributed by atoms with E-state index in [1.54, 1.807) is 6.20 Å². The molecule has 2 N–H and O–H groups in total. The summed E-state index contributed by atoms with van der Waals surface area (Å²) in [6.07, 6.45) is 8.74. The molecule has 1 amide bonds. The summed E-state index contributed by atoms with van der Waals surface area (Å²) in [5, 5.41) is 6.46. The molecule has 21 heavy (non-hydrogen) atoms. The number of pyridine rings is 1. The Hall–Kier alpha value is -1.58. The third-order valence-electron chi connectivity index (χ3n) is 3.98. The van der Waals surface area contributed by atoms with Crippen molar-refractivity contribution in [2.24, 2.45) is 5.92 Å². The van der Waals surface area contributed by atoms with E-state index in [1.807, 2.05) is 12.1 Å². The normalized spacial score (nSPS) is 16.0. The Morgan fingerprint density at radius 3 is 2.81 bits per heavy atom. The first-order chi connectivity index (χ1) is 10.1. The fourth-order valence-corrected chi connectivity index (χ4v) is 2.68. The monoisotopic (exact) mass is 289 g/mol. The number of aromatic nitrogens is 1. The van der Waals surface area contributed by atoms with Crippen molar-refractivity contribution in [3.63, 3.8) is 0 Å². The molecule has 1 aliphatic carbocycles. The molecule has 0 aromatic carbocycles. The molecule has 0 atom stereocenters. The summed E-state index contributed by atoms with van der Waals surface area (Å²) < 4.78 is 0. The maximum absolute atomic E-state index is 12.2. The van der Waals surface area contributed by atoms with Crippen molar-refractivity contribution in [2.75, 3.05) is 11.9 Å². The van der Waals surface area contributed by atoms with E-state index in [4.69, 9.17) is 0 Å². The van der Waals surface area contributed by atoms with Gasteiger partial charge in [0.2, 0.25) is 0 Å². The quantitative estimate of drug-likeness (QED) is 0.841. The highest BCUT2D eigenvalue weighted by Crippen LogP contribution is 2.18. The van der Waals surface area contributed by atoms with Gasteiger partial charge in [0.05, 0.1) is 0 Å². The molecule has 1 heterocycles. The van der Waals surface area contributed by atoms with E-state index in [0.29, 0.717) is 17.7 Å². The molecule has 0 radical (unpaired) electrons. The number of anilines is 1. The van der Waals surface area contributed by atoms with Crippen molar-refractivity contribution in [1.82, 2.24) is 10.3 Å². The van der Waals surface area contributed by atoms with Gasteiger partial charge in [-0.3, -0.25) is 9.78 Å². The highest BCUT2D eigenvalue weighted by atomic mass is 16.1. The van der Waals surface area contributed by atoms with Crippen molar-refractivity contribution in [1.29, 1.82) is 0 Å². The summed E-state index contributed by atoms with van der Waals surface area (Å²) >= 11 is 0. The van der Waals surface area contributed by atoms with E-state index in [1.165, 1.54) is 19.3 Å². The number of rotatable bonds is 6. The highest BCUT2D eigenvalue weighted by molar-refractivity contribution is 5.93. The molecular weight excluding hydrogens is 262 g/mol. The van der Waals surface area contributed by atoms with Crippen LogP contribution in [0.5, 0.6) is 0 Å². The molecule has 1 fully saturated rings. The minimum Gasteiger partial charge on any atom is -0.385 e. The van der Waals surface area contributed by atoms with Crippen LogP contribution in [0, 0.1) is 5.92 Å². The average Bonchev–Trinajstić information content (AvgIpc) is 2.48. The molecule has 2 rings (SSSR count). The highest BCUT2D eigenvalue weighted by Gasteiger charge is 2.17. The number of amides is 1. The van der Waals surface area contributed by atoms with Gasteiger partial charge in [-0.15, -0.1) is 0 Å². The zero-order valence-electron chi connectivity index (χ0n) is 13.2. The van der Waals surface area contributed by atoms with Crippen LogP contribution < -0.4 is 10.6 Å². The lowest BCUT2D eigenvalue weighted by molar-refractivity contribution is 0.0922. The third-order valence-corrected chi connectivity index (χ3v) is 3.98. The summed E-state index contributed by atoms with van der Waals surface area (Å²) in [6.45, 7) is 5.33. The topological polar surface area (TPSA) is 54.0 Å². The molecule has 116 valence electrons. The van der Waals surface area contributed by atoms with Crippen LogP contribution in [-0.4, -0.2) is 23.5 Å². The summed E-state index contributed by atoms with van der Waals surface area (Å²) in [5.74, 6) is 0.628. The van der Waals surface area contributed by atoms with Crippen LogP contribution in [0.2, 0.25) is 0 Å². The first kappa shape index (κ1) is 15.8. The van der Waals surface area contributed by atoms with E-state index >= 15 is 0 Å². The van der Waals surface area contributed by atoms with E-state index in [-0.39, 0.29) is 5.91 Å². The maximum atomic E-state index is 12.2. The van der Waals surface area contributed by atoms with Gasteiger partial charge in [-0.2, -0.15) is 0 Å². The minimum absolute atomic E-state index is 0.0468. The van der Waals surface area contributed by atoms with Gasteiger partial charge in [0.25, 0.3) is 5.91 Å². The van der Waals surface area contributed by atoms with E-state index < -0.39 is 0 Å². The van der Waals surface area contributed by atoms with Gasteiger partial charge in [-0.25, -0.2) is 0 Å². The summed E-state index contributed by atoms with van der Waals surface area (Å²) in [5.41, 5.74) is 1.48. The zero-order chi connectivity index (χ0) is 15.1. The molecule has 0 saturated heterocycles. The Balaban J connectivity index is 1.88. The second kappa shape index (κ2) is 8.01. The molecule has 0 bridgehead atoms. The van der Waals surface area contributed by atoms with E-state index in [9.17, 15) is 4.79 Å². The predicted molar refractivity (Wildman–Crippen MR) is 86.5 cm³/mol. The van der Waals surface area contributed by atoms with E-state index in [2.05, 4.69) is 29.5 Å². The number of hydrogen-bond acceptors (Lipinski definition) is 3. The molecule has 1 saturated carbocycles. The fourth-order valence-electron chi connectivity index (χ4n) is 2.68. The van der Waals surface area contributed by atoms with Crippen LogP contribution in [0.25, 0.3) is 0 Å². The van der Waals surface area contributed by atoms with Crippen molar-refractivity contribution >= 4 is 11.6 Å². The first-order valence-electron chi connectivity index (χ1n) is 8.16. The number of carbonyl (C=O) groups is 1. The third kappa shape index (κ3) is 5.37. The maximum Gasteiger partial charge on any atom is 0.270 e. The predicted octanol–water partition coefficient (Wildman–Crippen LogP) is 3.60. The van der Waals surface area contributed by atoms with Crippen molar-refractivity contribution in [2.45, 2.75) is 58.4 Å². The number of hydrogen-bond donors (Lipinski definition) is 2. The molecule has 0 unspecified atom stereocenters. The molecule has 4 nitrogen and oxygen atoms in total. The molecule has 1 aromatic heterocycles. The Morgan fingerprint density at radius 2 is 2.10 bits per heavy atom. The lowest BCUT2D eigenvalue weighted by Gasteiger charge is -2.22. The average molecular weight is 289 g/mol. The standard InChI is InChI=1S/C17H27N3O/c1-13(2)8-10-18-15-9-11-19-16(12-15)17(21)20-14-6-4-3-5-7-14/h9,11-14H,3-8,10H2,1-2H3,(H,18,19)(H,20,21). The second-order valence-corrected chi connectivity index (χ2v) is 6.35. The fraction of sp³-hybridized carbons (Fsp3) is 0.647. The van der Waals surface area contributed by atoms with Crippen LogP contribution >= 0.6 is 0 Å². The zero-order valence-corrected chi connectivity index (χ0v) is 13.2. The van der Waals surface area contributed by atoms with Crippen LogP contribution in [-0.2, 0) is 0 Å². The van der Waals surface area contributed by atoms with Crippen LogP contribution in [0.3, 0.4) is 0 Å². The van der Waals surface area contributed by atoms with Gasteiger partial charge in [-0.1, -0.05) is 33.1 Å². The van der Waals surface area contributed by atoms with Gasteiger partial charge in [0.15, 0.2) is 0 Å². The van der Waals surface area contributed by atoms with Gasteiger partial charge in [0.1, 0.15) is 5.69 Å². The molecule has 0 spiro atoms. The second-order valence-electron chi connectivity index (χ2n) is 6.35. The Morgan fingerprint density at radius 1 is 1.33 bits per heavy atom. The first-order valence-corrected chi connectivity index (χ1v) is 8.16. The Bertz CT molecular complexity index is 453. The number of nitrogens with one attached hydrogen (secondary N) is 2. The van der Waals surface area contributed by atoms with E-state index in [0.717, 1.165) is 31.5 Å². The Kier molecular flexibility index (Phi) is 6.03. The molecule has 4 heteroatoms. The van der Waals surface area contributed by atoms with Crippen molar-refractivity contribution in [3.8, 4) is 0 Å². The Labute approximate surface area is 127 Å². The summed E-state index contributed by atoms with van der Waals surface area (Å²) in [7, 11) is 0. The number of nitrogens with zero attached hydrogens (tertiary/aromatic N) is 1. The van der Waals surface area contributed by atoms with Gasteiger partial charge in [0, 0.05) is 24.5 Å². The summed E-state index contributed by atoms with van der Waals surface area (Å²) in [4.78, 5) is 16.4. The van der Waals surface area contributed by atoms with Gasteiger partial charge >= 0.3 is 0 Å². The molecular formula is C17H27N3O. The molecule has 1 aromatic rings. The van der Waals surface area contributed by atoms with Crippen LogP contribution in [0.1, 0.15) is 62.9 Å². The van der Waals surface area contributed by atoms with Gasteiger partial charge < -0.3 is 10.6 Å². The van der Waals surface area contributed by atoms with Crippen molar-refractivity contribution < 1.29 is 4.79 Å². The van der Waals surface area contributed by atoms with Crippen molar-refractivity contribution in [3.05, 3.63) is 24.0 Å². The largest absolute Gasteiger partial charge is 0.385 e. The number of carbonyl (C=O) groups excluding carboxylic acids is 1. The molecule has 0 aliphatic heterocycles. The van der Waals surface area contributed by atoms with Crippen LogP contribution in [0.15, 0.2) is 18.3 Å². The van der Waals surface area contributed by atoms with Gasteiger partial charge in [-0.05, 0) is 37.3 Å². The molecule has 1 aliphatic rings. The minimum atomic E-state index is -0.0468. The summed E-state index contributed by atoms with van der Waals surface area (Å²) in [6, 6.07) is 4.08. The van der Waals surface area contributed by atoms with Crippen LogP contribution in [0.4, 0.5) is 5.69 Å². The lowest BCUT2D eigenvalue weighted by Crippen LogP contribution is -2.36.